The molecule has 39 heavy (non-hydrogen) atoms. The Labute approximate surface area is 225 Å². The monoisotopic (exact) mass is 520 g/mol. The van der Waals surface area contributed by atoms with Gasteiger partial charge >= 0.3 is 0 Å². The molecule has 2 aromatic carbocycles. The van der Waals surface area contributed by atoms with E-state index in [-0.39, 0.29) is 5.91 Å². The largest absolute Gasteiger partial charge is 0.457 e. The number of pyridine rings is 1. The van der Waals surface area contributed by atoms with E-state index >= 15 is 0 Å². The molecule has 0 saturated carbocycles. The minimum Gasteiger partial charge on any atom is -0.457 e. The van der Waals surface area contributed by atoms with Gasteiger partial charge in [-0.2, -0.15) is 5.10 Å². The number of carbonyl (C=O) groups is 1. The number of carbonyl (C=O) groups excluding carboxylic acids is 1. The Balaban J connectivity index is 1.23. The second-order valence-corrected chi connectivity index (χ2v) is 9.75. The summed E-state index contributed by atoms with van der Waals surface area (Å²) in [6.07, 6.45) is 7.62. The highest BCUT2D eigenvalue weighted by Crippen LogP contribution is 2.32. The average molecular weight is 521 g/mol. The lowest BCUT2D eigenvalue weighted by atomic mass is 10.1. The molecule has 0 radical (unpaired) electrons. The molecule has 0 spiro atoms. The third kappa shape index (κ3) is 5.01. The summed E-state index contributed by atoms with van der Waals surface area (Å²) in [5, 5.41) is 8.38. The molecular weight excluding hydrogens is 492 g/mol. The van der Waals surface area contributed by atoms with Crippen molar-refractivity contribution in [1.82, 2.24) is 29.5 Å². The second kappa shape index (κ2) is 10.1. The van der Waals surface area contributed by atoms with Gasteiger partial charge in [-0.1, -0.05) is 6.08 Å². The lowest BCUT2D eigenvalue weighted by Gasteiger charge is -2.17. The maximum atomic E-state index is 13.1. The molecule has 5 aromatic rings. The van der Waals surface area contributed by atoms with Crippen LogP contribution < -0.4 is 15.0 Å². The molecule has 6 rings (SSSR count). The van der Waals surface area contributed by atoms with E-state index in [0.29, 0.717) is 18.1 Å². The number of fused-ring (bicyclic) bond motifs is 2. The van der Waals surface area contributed by atoms with Gasteiger partial charge in [-0.3, -0.25) is 4.79 Å². The first-order chi connectivity index (χ1) is 18.9. The van der Waals surface area contributed by atoms with Crippen molar-refractivity contribution >= 4 is 39.6 Å². The third-order valence-electron chi connectivity index (χ3n) is 6.68. The highest BCUT2D eigenvalue weighted by atomic mass is 16.5. The number of rotatable bonds is 7. The molecular formula is C29H28N8O2. The second-order valence-electron chi connectivity index (χ2n) is 9.75. The van der Waals surface area contributed by atoms with Crippen LogP contribution in [0, 0.1) is 6.92 Å². The van der Waals surface area contributed by atoms with Gasteiger partial charge in [0.25, 0.3) is 5.91 Å². The first-order valence-electron chi connectivity index (χ1n) is 12.7. The van der Waals surface area contributed by atoms with Gasteiger partial charge in [0.1, 0.15) is 30.0 Å². The van der Waals surface area contributed by atoms with Crippen molar-refractivity contribution in [3.05, 3.63) is 84.6 Å². The van der Waals surface area contributed by atoms with Crippen molar-refractivity contribution in [1.29, 1.82) is 0 Å². The number of likely N-dealkylation sites (N-methyl/N-ethyl adjacent to an activating group) is 1. The van der Waals surface area contributed by atoms with Crippen molar-refractivity contribution in [2.45, 2.75) is 13.3 Å². The molecule has 3 aromatic heterocycles. The number of nitrogens with zero attached hydrogens (tertiary/aromatic N) is 7. The van der Waals surface area contributed by atoms with Gasteiger partial charge in [-0.15, -0.1) is 0 Å². The number of hydrogen-bond donors (Lipinski definition) is 1. The number of nitrogens with one attached hydrogen (secondary N) is 1. The van der Waals surface area contributed by atoms with Crippen LogP contribution in [0.3, 0.4) is 0 Å². The number of benzene rings is 2. The minimum atomic E-state index is 0.0527. The Hall–Kier alpha value is -4.83. The number of hydrogen-bond acceptors (Lipinski definition) is 8. The standard InChI is InChI=1S/C29H28N8O2/c1-19-14-21(4-7-26(19)39-23-10-13-37-27(16-23)31-18-33-37)34-28-24-15-22(5-6-25(24)30-17-32-28)36-12-9-20(29(36)38)8-11-35(2)3/h4-8,10,13-18H,9,11-12H2,1-3H3,(H,30,32,34)/b20-8-. The summed E-state index contributed by atoms with van der Waals surface area (Å²) in [6.45, 7) is 3.40. The Bertz CT molecular complexity index is 1730. The van der Waals surface area contributed by atoms with Crippen molar-refractivity contribution in [3.8, 4) is 11.5 Å². The number of aromatic nitrogens is 5. The number of ether oxygens (including phenoxy) is 1. The van der Waals surface area contributed by atoms with Crippen LogP contribution in [0.2, 0.25) is 0 Å². The highest BCUT2D eigenvalue weighted by molar-refractivity contribution is 6.09. The quantitative estimate of drug-likeness (QED) is 0.307. The lowest BCUT2D eigenvalue weighted by molar-refractivity contribution is -0.114. The first kappa shape index (κ1) is 24.5. The van der Waals surface area contributed by atoms with Crippen molar-refractivity contribution in [3.63, 3.8) is 0 Å². The zero-order valence-corrected chi connectivity index (χ0v) is 22.0. The molecule has 1 N–H and O–H groups in total. The van der Waals surface area contributed by atoms with Crippen LogP contribution in [0.25, 0.3) is 16.6 Å². The van der Waals surface area contributed by atoms with E-state index in [2.05, 4.69) is 25.4 Å². The van der Waals surface area contributed by atoms with Crippen LogP contribution in [0.5, 0.6) is 11.5 Å². The van der Waals surface area contributed by atoms with E-state index in [0.717, 1.165) is 57.8 Å². The van der Waals surface area contributed by atoms with Crippen LogP contribution in [0.4, 0.5) is 17.2 Å². The predicted octanol–water partition coefficient (Wildman–Crippen LogP) is 4.74. The number of aryl methyl sites for hydroxylation is 1. The van der Waals surface area contributed by atoms with Crippen molar-refractivity contribution in [2.75, 3.05) is 37.4 Å². The van der Waals surface area contributed by atoms with Gasteiger partial charge in [0, 0.05) is 47.7 Å². The first-order valence-corrected chi connectivity index (χ1v) is 12.7. The molecule has 10 nitrogen and oxygen atoms in total. The molecule has 1 fully saturated rings. The van der Waals surface area contributed by atoms with Gasteiger partial charge in [-0.25, -0.2) is 19.5 Å². The van der Waals surface area contributed by atoms with E-state index in [9.17, 15) is 4.79 Å². The summed E-state index contributed by atoms with van der Waals surface area (Å²) in [6, 6.07) is 15.4. The molecule has 1 amide bonds. The smallest absolute Gasteiger partial charge is 0.253 e. The van der Waals surface area contributed by atoms with Crippen LogP contribution >= 0.6 is 0 Å². The molecule has 1 aliphatic rings. The van der Waals surface area contributed by atoms with Gasteiger partial charge in [-0.05, 0) is 75.5 Å². The molecule has 0 aliphatic carbocycles. The summed E-state index contributed by atoms with van der Waals surface area (Å²) in [5.41, 5.74) is 5.03. The summed E-state index contributed by atoms with van der Waals surface area (Å²) >= 11 is 0. The van der Waals surface area contributed by atoms with Gasteiger partial charge in [0.05, 0.1) is 5.52 Å². The minimum absolute atomic E-state index is 0.0527. The number of amides is 1. The molecule has 1 aliphatic heterocycles. The average Bonchev–Trinajstić information content (AvgIpc) is 3.55. The molecule has 1 saturated heterocycles. The van der Waals surface area contributed by atoms with Gasteiger partial charge in [0.2, 0.25) is 0 Å². The fraction of sp³-hybridized carbons (Fsp3) is 0.207. The Morgan fingerprint density at radius 1 is 1.05 bits per heavy atom. The normalized spacial score (nSPS) is 14.7. The molecule has 0 unspecified atom stereocenters. The van der Waals surface area contributed by atoms with Gasteiger partial charge < -0.3 is 19.9 Å². The topological polar surface area (TPSA) is 101 Å². The molecule has 10 heteroatoms. The Morgan fingerprint density at radius 2 is 1.95 bits per heavy atom. The van der Waals surface area contributed by atoms with Crippen molar-refractivity contribution < 1.29 is 9.53 Å². The predicted molar refractivity (Wildman–Crippen MR) is 151 cm³/mol. The summed E-state index contributed by atoms with van der Waals surface area (Å²) in [5.74, 6) is 2.15. The van der Waals surface area contributed by atoms with Crippen LogP contribution in [-0.2, 0) is 4.79 Å². The van der Waals surface area contributed by atoms with Crippen molar-refractivity contribution in [2.24, 2.45) is 0 Å². The zero-order valence-electron chi connectivity index (χ0n) is 22.0. The van der Waals surface area contributed by atoms with E-state index in [4.69, 9.17) is 4.74 Å². The van der Waals surface area contributed by atoms with Crippen LogP contribution in [0.15, 0.2) is 79.0 Å². The van der Waals surface area contributed by atoms with E-state index in [1.54, 1.807) is 10.8 Å². The lowest BCUT2D eigenvalue weighted by Crippen LogP contribution is -2.24. The Kier molecular flexibility index (Phi) is 6.37. The zero-order chi connectivity index (χ0) is 26.9. The molecule has 0 bridgehead atoms. The van der Waals surface area contributed by atoms with E-state index in [1.807, 2.05) is 91.6 Å². The number of anilines is 3. The summed E-state index contributed by atoms with van der Waals surface area (Å²) in [4.78, 5) is 30.1. The SMILES string of the molecule is Cc1cc(Nc2ncnc3ccc(N4CC/C(=C/CN(C)C)C4=O)cc23)ccc1Oc1ccn2ncnc2c1. The van der Waals surface area contributed by atoms with E-state index in [1.165, 1.54) is 6.33 Å². The summed E-state index contributed by atoms with van der Waals surface area (Å²) < 4.78 is 7.79. The van der Waals surface area contributed by atoms with Gasteiger partial charge in [0.15, 0.2) is 5.65 Å². The maximum Gasteiger partial charge on any atom is 0.253 e. The van der Waals surface area contributed by atoms with Crippen LogP contribution in [0.1, 0.15) is 12.0 Å². The fourth-order valence-corrected chi connectivity index (χ4v) is 4.62. The Morgan fingerprint density at radius 3 is 2.79 bits per heavy atom. The van der Waals surface area contributed by atoms with E-state index < -0.39 is 0 Å². The maximum absolute atomic E-state index is 13.1. The summed E-state index contributed by atoms with van der Waals surface area (Å²) in [7, 11) is 3.99. The molecule has 0 atom stereocenters. The fourth-order valence-electron chi connectivity index (χ4n) is 4.62. The van der Waals surface area contributed by atoms with Crippen LogP contribution in [-0.4, -0.2) is 62.6 Å². The highest BCUT2D eigenvalue weighted by Gasteiger charge is 2.27. The third-order valence-corrected chi connectivity index (χ3v) is 6.68. The molecule has 4 heterocycles. The molecule has 196 valence electrons.